The van der Waals surface area contributed by atoms with Crippen molar-refractivity contribution in [3.63, 3.8) is 0 Å². The standard InChI is InChI=1S/C28H28F6N8O3/c1-39-20(18-12-42(13-21(30)31)38-23(18)28(32,33)34)11-36-24(39)25(43)37-14-2-3-15(19(29)8-14)26(44)40-4-6-41(7-5-40)27(45)22-16-9-35-10-17(16)22/h2-3,8,11-12,16-17,21-22,35H,4-7,9-10,13H2,1H3,(H,37,43)/t16-,17+,22+. The third-order valence-corrected chi connectivity index (χ3v) is 8.54. The molecule has 3 amide bonds. The molecule has 6 rings (SSSR count). The largest absolute Gasteiger partial charge is 0.435 e. The van der Waals surface area contributed by atoms with Gasteiger partial charge in [0.25, 0.3) is 18.2 Å². The highest BCUT2D eigenvalue weighted by molar-refractivity contribution is 6.03. The van der Waals surface area contributed by atoms with Crippen molar-refractivity contribution >= 4 is 23.4 Å². The van der Waals surface area contributed by atoms with Gasteiger partial charge in [0.15, 0.2) is 11.5 Å². The molecular formula is C28H28F6N8O3. The Morgan fingerprint density at radius 1 is 1.07 bits per heavy atom. The minimum Gasteiger partial charge on any atom is -0.339 e. The van der Waals surface area contributed by atoms with Crippen LogP contribution >= 0.6 is 0 Å². The number of amides is 3. The van der Waals surface area contributed by atoms with Crippen LogP contribution in [0.3, 0.4) is 0 Å². The van der Waals surface area contributed by atoms with Crippen molar-refractivity contribution in [2.45, 2.75) is 19.1 Å². The van der Waals surface area contributed by atoms with Crippen molar-refractivity contribution in [1.82, 2.24) is 34.4 Å². The van der Waals surface area contributed by atoms with Crippen LogP contribution in [0, 0.1) is 23.6 Å². The van der Waals surface area contributed by atoms with E-state index in [0.29, 0.717) is 29.6 Å². The van der Waals surface area contributed by atoms with Crippen LogP contribution in [0.15, 0.2) is 30.6 Å². The minimum absolute atomic E-state index is 0.0420. The van der Waals surface area contributed by atoms with Crippen LogP contribution in [0.4, 0.5) is 32.0 Å². The van der Waals surface area contributed by atoms with Gasteiger partial charge in [0.1, 0.15) is 12.4 Å². The summed E-state index contributed by atoms with van der Waals surface area (Å²) in [5.41, 5.74) is -2.45. The average molecular weight is 639 g/mol. The maximum atomic E-state index is 15.1. The molecule has 3 atom stereocenters. The number of alkyl halides is 5. The lowest BCUT2D eigenvalue weighted by atomic mass is 10.1. The van der Waals surface area contributed by atoms with E-state index in [2.05, 4.69) is 20.7 Å². The molecule has 11 nitrogen and oxygen atoms in total. The molecule has 2 saturated heterocycles. The number of carbonyl (C=O) groups is 3. The lowest BCUT2D eigenvalue weighted by molar-refractivity contribution is -0.141. The second-order valence-electron chi connectivity index (χ2n) is 11.3. The Hall–Kier alpha value is -4.41. The van der Waals surface area contributed by atoms with E-state index in [1.54, 1.807) is 4.90 Å². The fourth-order valence-corrected chi connectivity index (χ4v) is 6.17. The van der Waals surface area contributed by atoms with Gasteiger partial charge in [0.2, 0.25) is 5.91 Å². The van der Waals surface area contributed by atoms with E-state index in [1.165, 1.54) is 24.1 Å². The van der Waals surface area contributed by atoms with E-state index in [0.717, 1.165) is 36.1 Å². The first kappa shape index (κ1) is 30.6. The highest BCUT2D eigenvalue weighted by Crippen LogP contribution is 2.49. The summed E-state index contributed by atoms with van der Waals surface area (Å²) in [5, 5.41) is 8.89. The fraction of sp³-hybridized carbons (Fsp3) is 0.464. The smallest absolute Gasteiger partial charge is 0.339 e. The number of aromatic nitrogens is 4. The van der Waals surface area contributed by atoms with Crippen molar-refractivity contribution in [1.29, 1.82) is 0 Å². The number of nitrogens with zero attached hydrogens (tertiary/aromatic N) is 6. The molecule has 0 spiro atoms. The topological polar surface area (TPSA) is 117 Å². The van der Waals surface area contributed by atoms with Gasteiger partial charge in [-0.1, -0.05) is 0 Å². The van der Waals surface area contributed by atoms with Crippen LogP contribution in [-0.2, 0) is 24.6 Å². The monoisotopic (exact) mass is 638 g/mol. The third-order valence-electron chi connectivity index (χ3n) is 8.54. The first-order chi connectivity index (χ1) is 21.3. The number of piperazine rings is 1. The van der Waals surface area contributed by atoms with E-state index in [-0.39, 0.29) is 47.7 Å². The summed E-state index contributed by atoms with van der Waals surface area (Å²) in [6.45, 7) is 1.84. The number of fused-ring (bicyclic) bond motifs is 1. The zero-order chi connectivity index (χ0) is 32.2. The van der Waals surface area contributed by atoms with E-state index in [4.69, 9.17) is 0 Å². The van der Waals surface area contributed by atoms with Gasteiger partial charge >= 0.3 is 6.18 Å². The summed E-state index contributed by atoms with van der Waals surface area (Å²) in [4.78, 5) is 45.9. The molecule has 0 radical (unpaired) electrons. The maximum Gasteiger partial charge on any atom is 0.435 e. The van der Waals surface area contributed by atoms with Crippen molar-refractivity contribution in [2.24, 2.45) is 24.8 Å². The molecule has 1 aliphatic carbocycles. The number of imidazole rings is 1. The van der Waals surface area contributed by atoms with Crippen LogP contribution in [0.2, 0.25) is 0 Å². The van der Waals surface area contributed by atoms with Gasteiger partial charge in [-0.15, -0.1) is 0 Å². The van der Waals surface area contributed by atoms with Crippen molar-refractivity contribution in [2.75, 3.05) is 44.6 Å². The van der Waals surface area contributed by atoms with Crippen LogP contribution < -0.4 is 10.6 Å². The molecule has 3 fully saturated rings. The lowest BCUT2D eigenvalue weighted by Gasteiger charge is -2.35. The molecule has 2 N–H and O–H groups in total. The van der Waals surface area contributed by atoms with Gasteiger partial charge < -0.3 is 25.0 Å². The van der Waals surface area contributed by atoms with Crippen molar-refractivity contribution in [3.8, 4) is 11.3 Å². The Kier molecular flexibility index (Phi) is 7.82. The lowest BCUT2D eigenvalue weighted by Crippen LogP contribution is -2.51. The van der Waals surface area contributed by atoms with Gasteiger partial charge in [-0.25, -0.2) is 18.2 Å². The van der Waals surface area contributed by atoms with Crippen LogP contribution in [0.25, 0.3) is 11.3 Å². The predicted molar refractivity (Wildman–Crippen MR) is 146 cm³/mol. The van der Waals surface area contributed by atoms with Gasteiger partial charge in [-0.05, 0) is 43.1 Å². The number of piperidine rings is 1. The van der Waals surface area contributed by atoms with E-state index in [9.17, 15) is 36.3 Å². The molecule has 2 aromatic heterocycles. The Labute approximate surface area is 252 Å². The summed E-state index contributed by atoms with van der Waals surface area (Å²) in [7, 11) is 1.26. The number of hydrogen-bond acceptors (Lipinski definition) is 6. The molecular weight excluding hydrogens is 610 g/mol. The van der Waals surface area contributed by atoms with Gasteiger partial charge in [-0.3, -0.25) is 19.1 Å². The SMILES string of the molecule is Cn1c(-c2cn(CC(F)F)nc2C(F)(F)F)cnc1C(=O)Nc1ccc(C(=O)N2CCN(C(=O)[C@H]3[C@@H]4CNC[C@@H]43)CC2)c(F)c1. The molecule has 3 aromatic rings. The summed E-state index contributed by atoms with van der Waals surface area (Å²) in [5.74, 6) is -1.80. The van der Waals surface area contributed by atoms with Crippen LogP contribution in [0.1, 0.15) is 26.7 Å². The molecule has 17 heteroatoms. The minimum atomic E-state index is -4.97. The van der Waals surface area contributed by atoms with E-state index in [1.807, 2.05) is 0 Å². The van der Waals surface area contributed by atoms with Crippen LogP contribution in [-0.4, -0.2) is 92.5 Å². The summed E-state index contributed by atoms with van der Waals surface area (Å²) in [6, 6.07) is 3.44. The second kappa shape index (κ2) is 11.5. The molecule has 2 aliphatic heterocycles. The molecule has 1 aromatic carbocycles. The van der Waals surface area contributed by atoms with Gasteiger partial charge in [0.05, 0.1) is 23.0 Å². The van der Waals surface area contributed by atoms with Gasteiger partial charge in [-0.2, -0.15) is 18.3 Å². The molecule has 4 heterocycles. The Bertz CT molecular complexity index is 1630. The number of anilines is 1. The quantitative estimate of drug-likeness (QED) is 0.385. The predicted octanol–water partition coefficient (Wildman–Crippen LogP) is 2.71. The molecule has 0 bridgehead atoms. The Morgan fingerprint density at radius 2 is 1.73 bits per heavy atom. The highest BCUT2D eigenvalue weighted by Gasteiger charge is 2.58. The zero-order valence-corrected chi connectivity index (χ0v) is 23.8. The van der Waals surface area contributed by atoms with Crippen molar-refractivity contribution < 1.29 is 40.7 Å². The van der Waals surface area contributed by atoms with Gasteiger partial charge in [0, 0.05) is 51.0 Å². The number of carbonyl (C=O) groups excluding carboxylic acids is 3. The first-order valence-corrected chi connectivity index (χ1v) is 14.2. The van der Waals surface area contributed by atoms with Crippen molar-refractivity contribution in [3.05, 3.63) is 53.5 Å². The molecule has 45 heavy (non-hydrogen) atoms. The summed E-state index contributed by atoms with van der Waals surface area (Å²) in [6.07, 6.45) is -6.15. The van der Waals surface area contributed by atoms with E-state index >= 15 is 4.39 Å². The highest BCUT2D eigenvalue weighted by atomic mass is 19.4. The molecule has 0 unspecified atom stereocenters. The molecule has 240 valence electrons. The average Bonchev–Trinajstić information content (AvgIpc) is 3.35. The maximum absolute atomic E-state index is 15.1. The first-order valence-electron chi connectivity index (χ1n) is 14.2. The number of halogens is 6. The Balaban J connectivity index is 1.10. The summed E-state index contributed by atoms with van der Waals surface area (Å²) >= 11 is 0. The van der Waals surface area contributed by atoms with E-state index < -0.39 is 48.0 Å². The fourth-order valence-electron chi connectivity index (χ4n) is 6.17. The second-order valence-corrected chi connectivity index (χ2v) is 11.3. The molecule has 1 saturated carbocycles. The zero-order valence-electron chi connectivity index (χ0n) is 23.8. The summed E-state index contributed by atoms with van der Waals surface area (Å²) < 4.78 is 82.8. The number of benzene rings is 1. The number of nitrogens with one attached hydrogen (secondary N) is 2. The van der Waals surface area contributed by atoms with Crippen LogP contribution in [0.5, 0.6) is 0 Å². The normalized spacial score (nSPS) is 21.3. The number of hydrogen-bond donors (Lipinski definition) is 2. The third kappa shape index (κ3) is 5.87. The number of rotatable bonds is 7. The molecule has 3 aliphatic rings. The Morgan fingerprint density at radius 3 is 2.36 bits per heavy atom.